The van der Waals surface area contributed by atoms with E-state index in [2.05, 4.69) is 5.32 Å². The Kier molecular flexibility index (Phi) is 6.97. The van der Waals surface area contributed by atoms with Gasteiger partial charge in [-0.25, -0.2) is 4.39 Å². The number of amides is 1. The van der Waals surface area contributed by atoms with Crippen molar-refractivity contribution < 1.29 is 9.18 Å². The molecule has 0 aromatic heterocycles. The number of hydrogen-bond donors (Lipinski definition) is 2. The Hall–Kier alpha value is -1.46. The maximum absolute atomic E-state index is 13.4. The molecule has 1 aromatic rings. The van der Waals surface area contributed by atoms with Crippen molar-refractivity contribution >= 4 is 5.91 Å². The van der Waals surface area contributed by atoms with E-state index >= 15 is 0 Å². The number of halogens is 1. The zero-order chi connectivity index (χ0) is 16.8. The molecule has 124 valence electrons. The van der Waals surface area contributed by atoms with Crippen molar-refractivity contribution in [1.82, 2.24) is 10.2 Å². The Morgan fingerprint density at radius 2 is 2.00 bits per heavy atom. The standard InChI is InChI=1S/C17H28FN3O/c1-5-17(6-2,12-19)16(22)20-11-15(21(3)4)13-8-7-9-14(18)10-13/h7-10,15H,5-6,11-12,19H2,1-4H3,(H,20,22). The largest absolute Gasteiger partial charge is 0.354 e. The van der Waals surface area contributed by atoms with E-state index in [1.165, 1.54) is 12.1 Å². The van der Waals surface area contributed by atoms with Crippen LogP contribution in [0.1, 0.15) is 38.3 Å². The number of rotatable bonds is 8. The first-order valence-corrected chi connectivity index (χ1v) is 7.80. The maximum atomic E-state index is 13.4. The number of nitrogens with zero attached hydrogens (tertiary/aromatic N) is 1. The van der Waals surface area contributed by atoms with Crippen LogP contribution in [-0.4, -0.2) is 38.0 Å². The fourth-order valence-corrected chi connectivity index (χ4v) is 2.64. The molecular weight excluding hydrogens is 281 g/mol. The highest BCUT2D eigenvalue weighted by Crippen LogP contribution is 2.26. The molecule has 0 aliphatic heterocycles. The lowest BCUT2D eigenvalue weighted by Gasteiger charge is -2.31. The lowest BCUT2D eigenvalue weighted by molar-refractivity contribution is -0.131. The number of nitrogens with two attached hydrogens (primary N) is 1. The molecule has 0 spiro atoms. The summed E-state index contributed by atoms with van der Waals surface area (Å²) in [5.41, 5.74) is 6.14. The van der Waals surface area contributed by atoms with Crippen molar-refractivity contribution in [3.05, 3.63) is 35.6 Å². The molecule has 0 heterocycles. The molecule has 0 saturated carbocycles. The van der Waals surface area contributed by atoms with E-state index in [0.29, 0.717) is 25.9 Å². The Balaban J connectivity index is 2.83. The minimum atomic E-state index is -0.515. The van der Waals surface area contributed by atoms with E-state index in [-0.39, 0.29) is 17.8 Å². The van der Waals surface area contributed by atoms with Gasteiger partial charge in [0.1, 0.15) is 5.82 Å². The summed E-state index contributed by atoms with van der Waals surface area (Å²) in [7, 11) is 3.83. The van der Waals surface area contributed by atoms with Crippen LogP contribution in [-0.2, 0) is 4.79 Å². The minimum absolute atomic E-state index is 0.0248. The van der Waals surface area contributed by atoms with Crippen molar-refractivity contribution in [3.8, 4) is 0 Å². The summed E-state index contributed by atoms with van der Waals surface area (Å²) in [5.74, 6) is -0.294. The van der Waals surface area contributed by atoms with E-state index in [1.807, 2.05) is 38.9 Å². The molecule has 0 saturated heterocycles. The van der Waals surface area contributed by atoms with E-state index in [4.69, 9.17) is 5.73 Å². The Morgan fingerprint density at radius 3 is 2.45 bits per heavy atom. The molecule has 1 unspecified atom stereocenters. The lowest BCUT2D eigenvalue weighted by Crippen LogP contribution is -2.47. The predicted molar refractivity (Wildman–Crippen MR) is 87.9 cm³/mol. The van der Waals surface area contributed by atoms with E-state index < -0.39 is 5.41 Å². The van der Waals surface area contributed by atoms with Crippen LogP contribution in [0.5, 0.6) is 0 Å². The van der Waals surface area contributed by atoms with Crippen LogP contribution in [0, 0.1) is 11.2 Å². The van der Waals surface area contributed by atoms with Gasteiger partial charge in [-0.3, -0.25) is 4.79 Å². The molecule has 22 heavy (non-hydrogen) atoms. The van der Waals surface area contributed by atoms with Gasteiger partial charge in [-0.1, -0.05) is 26.0 Å². The van der Waals surface area contributed by atoms with Crippen LogP contribution in [0.25, 0.3) is 0 Å². The molecule has 0 aliphatic rings. The second-order valence-electron chi connectivity index (χ2n) is 5.94. The summed E-state index contributed by atoms with van der Waals surface area (Å²) in [5, 5.41) is 2.99. The summed E-state index contributed by atoms with van der Waals surface area (Å²) in [4.78, 5) is 14.5. The van der Waals surface area contributed by atoms with Gasteiger partial charge in [-0.2, -0.15) is 0 Å². The molecule has 0 fully saturated rings. The van der Waals surface area contributed by atoms with Gasteiger partial charge in [0.2, 0.25) is 5.91 Å². The number of carbonyl (C=O) groups is 1. The fraction of sp³-hybridized carbons (Fsp3) is 0.588. The van der Waals surface area contributed by atoms with E-state index in [9.17, 15) is 9.18 Å². The summed E-state index contributed by atoms with van der Waals surface area (Å²) < 4.78 is 13.4. The van der Waals surface area contributed by atoms with Crippen molar-refractivity contribution in [3.63, 3.8) is 0 Å². The number of nitrogens with one attached hydrogen (secondary N) is 1. The molecule has 1 atom stereocenters. The van der Waals surface area contributed by atoms with Crippen LogP contribution in [0.2, 0.25) is 0 Å². The van der Waals surface area contributed by atoms with Gasteiger partial charge in [0.15, 0.2) is 0 Å². The Labute approximate surface area is 132 Å². The molecule has 3 N–H and O–H groups in total. The van der Waals surface area contributed by atoms with Gasteiger partial charge < -0.3 is 16.0 Å². The van der Waals surface area contributed by atoms with Crippen molar-refractivity contribution in [1.29, 1.82) is 0 Å². The quantitative estimate of drug-likeness (QED) is 0.775. The zero-order valence-electron chi connectivity index (χ0n) is 14.0. The Bertz CT molecular complexity index is 478. The van der Waals surface area contributed by atoms with Gasteiger partial charge in [0, 0.05) is 13.1 Å². The highest BCUT2D eigenvalue weighted by atomic mass is 19.1. The third-order valence-electron chi connectivity index (χ3n) is 4.54. The molecule has 1 aromatic carbocycles. The second-order valence-corrected chi connectivity index (χ2v) is 5.94. The third-order valence-corrected chi connectivity index (χ3v) is 4.54. The summed E-state index contributed by atoms with van der Waals surface area (Å²) in [6.45, 7) is 4.72. The molecule has 0 radical (unpaired) electrons. The number of carbonyl (C=O) groups excluding carboxylic acids is 1. The summed E-state index contributed by atoms with van der Waals surface area (Å²) >= 11 is 0. The van der Waals surface area contributed by atoms with Crippen LogP contribution in [0.3, 0.4) is 0 Å². The first-order chi connectivity index (χ1) is 10.4. The molecule has 5 heteroatoms. The maximum Gasteiger partial charge on any atom is 0.227 e. The zero-order valence-corrected chi connectivity index (χ0v) is 14.0. The first-order valence-electron chi connectivity index (χ1n) is 7.80. The molecule has 0 bridgehead atoms. The van der Waals surface area contributed by atoms with Gasteiger partial charge in [0.25, 0.3) is 0 Å². The normalized spacial score (nSPS) is 13.2. The lowest BCUT2D eigenvalue weighted by atomic mass is 9.81. The van der Waals surface area contributed by atoms with E-state index in [0.717, 1.165) is 5.56 Å². The fourth-order valence-electron chi connectivity index (χ4n) is 2.64. The van der Waals surface area contributed by atoms with Crippen LogP contribution in [0.15, 0.2) is 24.3 Å². The number of hydrogen-bond acceptors (Lipinski definition) is 3. The predicted octanol–water partition coefficient (Wildman–Crippen LogP) is 2.31. The molecule has 1 amide bonds. The first kappa shape index (κ1) is 18.6. The third kappa shape index (κ3) is 4.27. The average Bonchev–Trinajstić information content (AvgIpc) is 2.49. The minimum Gasteiger partial charge on any atom is -0.354 e. The highest BCUT2D eigenvalue weighted by molar-refractivity contribution is 5.82. The van der Waals surface area contributed by atoms with Crippen LogP contribution in [0.4, 0.5) is 4.39 Å². The van der Waals surface area contributed by atoms with Gasteiger partial charge in [0.05, 0.1) is 11.5 Å². The smallest absolute Gasteiger partial charge is 0.227 e. The second kappa shape index (κ2) is 8.25. The molecule has 4 nitrogen and oxygen atoms in total. The molecule has 1 rings (SSSR count). The van der Waals surface area contributed by atoms with E-state index in [1.54, 1.807) is 6.07 Å². The SMILES string of the molecule is CCC(CC)(CN)C(=O)NCC(c1cccc(F)c1)N(C)C. The monoisotopic (exact) mass is 309 g/mol. The van der Waals surface area contributed by atoms with Gasteiger partial charge in [-0.05, 0) is 44.6 Å². The van der Waals surface area contributed by atoms with Crippen molar-refractivity contribution in [2.75, 3.05) is 27.2 Å². The van der Waals surface area contributed by atoms with Crippen LogP contribution >= 0.6 is 0 Å². The van der Waals surface area contributed by atoms with Crippen molar-refractivity contribution in [2.24, 2.45) is 11.1 Å². The number of benzene rings is 1. The molecule has 0 aliphatic carbocycles. The average molecular weight is 309 g/mol. The van der Waals surface area contributed by atoms with Gasteiger partial charge >= 0.3 is 0 Å². The van der Waals surface area contributed by atoms with Gasteiger partial charge in [-0.15, -0.1) is 0 Å². The summed E-state index contributed by atoms with van der Waals surface area (Å²) in [6, 6.07) is 6.40. The topological polar surface area (TPSA) is 58.4 Å². The highest BCUT2D eigenvalue weighted by Gasteiger charge is 2.33. The Morgan fingerprint density at radius 1 is 1.36 bits per heavy atom. The van der Waals surface area contributed by atoms with Crippen molar-refractivity contribution in [2.45, 2.75) is 32.7 Å². The molecular formula is C17H28FN3O. The number of likely N-dealkylation sites (N-methyl/N-ethyl adjacent to an activating group) is 1. The van der Waals surface area contributed by atoms with Crippen LogP contribution < -0.4 is 11.1 Å². The summed E-state index contributed by atoms with van der Waals surface area (Å²) in [6.07, 6.45) is 1.41.